The van der Waals surface area contributed by atoms with E-state index in [9.17, 15) is 10.1 Å². The van der Waals surface area contributed by atoms with E-state index in [0.717, 1.165) is 5.56 Å². The number of nitro groups is 1. The molecular weight excluding hydrogens is 232 g/mol. The first-order chi connectivity index (χ1) is 8.50. The van der Waals surface area contributed by atoms with E-state index in [-0.39, 0.29) is 11.8 Å². The van der Waals surface area contributed by atoms with Crippen molar-refractivity contribution in [3.8, 4) is 5.75 Å². The van der Waals surface area contributed by atoms with Gasteiger partial charge in [0, 0.05) is 23.2 Å². The molecule has 0 saturated heterocycles. The molecule has 2 aromatic rings. The molecule has 18 heavy (non-hydrogen) atoms. The first kappa shape index (κ1) is 12.3. The lowest BCUT2D eigenvalue weighted by Gasteiger charge is -2.14. The number of para-hydroxylation sites is 1. The summed E-state index contributed by atoms with van der Waals surface area (Å²) in [4.78, 5) is 14.7. The van der Waals surface area contributed by atoms with Crippen LogP contribution < -0.4 is 4.74 Å². The highest BCUT2D eigenvalue weighted by atomic mass is 16.6. The van der Waals surface area contributed by atoms with Crippen molar-refractivity contribution in [2.45, 2.75) is 26.9 Å². The van der Waals surface area contributed by atoms with Crippen LogP contribution in [0.2, 0.25) is 0 Å². The van der Waals surface area contributed by atoms with E-state index in [4.69, 9.17) is 4.74 Å². The molecule has 0 atom stereocenters. The first-order valence-corrected chi connectivity index (χ1v) is 5.70. The number of nitrogens with zero attached hydrogens (tertiary/aromatic N) is 2. The summed E-state index contributed by atoms with van der Waals surface area (Å²) >= 11 is 0. The topological polar surface area (TPSA) is 65.3 Å². The summed E-state index contributed by atoms with van der Waals surface area (Å²) in [6, 6.07) is 4.89. The van der Waals surface area contributed by atoms with Gasteiger partial charge in [0.15, 0.2) is 5.52 Å². The Bertz CT molecular complexity index is 608. The van der Waals surface area contributed by atoms with Gasteiger partial charge in [0.05, 0.1) is 11.0 Å². The number of benzene rings is 1. The average Bonchev–Trinajstić information content (AvgIpc) is 2.31. The quantitative estimate of drug-likeness (QED) is 0.616. The minimum Gasteiger partial charge on any atom is -0.490 e. The second-order valence-corrected chi connectivity index (χ2v) is 4.37. The van der Waals surface area contributed by atoms with E-state index in [1.807, 2.05) is 20.8 Å². The number of hydrogen-bond donors (Lipinski definition) is 0. The van der Waals surface area contributed by atoms with Crippen molar-refractivity contribution in [2.24, 2.45) is 0 Å². The molecule has 1 aromatic carbocycles. The van der Waals surface area contributed by atoms with Gasteiger partial charge >= 0.3 is 0 Å². The van der Waals surface area contributed by atoms with Crippen molar-refractivity contribution in [3.63, 3.8) is 0 Å². The van der Waals surface area contributed by atoms with Crippen LogP contribution in [0.3, 0.4) is 0 Å². The minimum absolute atomic E-state index is 0.00102. The lowest BCUT2D eigenvalue weighted by molar-refractivity contribution is -0.383. The summed E-state index contributed by atoms with van der Waals surface area (Å²) in [5.41, 5.74) is 1.24. The van der Waals surface area contributed by atoms with E-state index in [1.165, 1.54) is 6.07 Å². The monoisotopic (exact) mass is 246 g/mol. The number of fused-ring (bicyclic) bond motifs is 1. The molecular formula is C13H14N2O3. The fourth-order valence-corrected chi connectivity index (χ4v) is 1.82. The number of rotatable bonds is 3. The molecule has 0 N–H and O–H groups in total. The number of hydrogen-bond acceptors (Lipinski definition) is 4. The van der Waals surface area contributed by atoms with Crippen LogP contribution in [-0.2, 0) is 0 Å². The Hall–Kier alpha value is -2.17. The number of aromatic nitrogens is 1. The van der Waals surface area contributed by atoms with Crippen molar-refractivity contribution in [1.82, 2.24) is 4.98 Å². The highest BCUT2D eigenvalue weighted by Gasteiger charge is 2.17. The maximum atomic E-state index is 11.0. The van der Waals surface area contributed by atoms with Gasteiger partial charge in [-0.1, -0.05) is 6.07 Å². The summed E-state index contributed by atoms with van der Waals surface area (Å²) in [6.45, 7) is 5.72. The normalized spacial score (nSPS) is 10.9. The number of aryl methyl sites for hydroxylation is 1. The van der Waals surface area contributed by atoms with Crippen molar-refractivity contribution in [1.29, 1.82) is 0 Å². The van der Waals surface area contributed by atoms with Gasteiger partial charge in [0.1, 0.15) is 5.75 Å². The van der Waals surface area contributed by atoms with E-state index < -0.39 is 4.92 Å². The predicted octanol–water partition coefficient (Wildman–Crippen LogP) is 3.24. The second kappa shape index (κ2) is 4.60. The summed E-state index contributed by atoms with van der Waals surface area (Å²) in [6.07, 6.45) is 1.61. The fraction of sp³-hybridized carbons (Fsp3) is 0.308. The highest BCUT2D eigenvalue weighted by molar-refractivity contribution is 5.92. The number of ether oxygens (including phenoxy) is 1. The van der Waals surface area contributed by atoms with Crippen molar-refractivity contribution in [3.05, 3.63) is 40.1 Å². The van der Waals surface area contributed by atoms with Crippen LogP contribution in [0.4, 0.5) is 5.69 Å². The molecule has 0 radical (unpaired) electrons. The van der Waals surface area contributed by atoms with E-state index in [0.29, 0.717) is 16.7 Å². The standard InChI is InChI=1S/C13H14N2O3/c1-8(2)18-13-9(3)7-14-12-10(13)5-4-6-11(12)15(16)17/h4-8H,1-3H3. The molecule has 1 aromatic heterocycles. The van der Waals surface area contributed by atoms with Gasteiger partial charge in [-0.2, -0.15) is 0 Å². The molecule has 94 valence electrons. The Balaban J connectivity index is 2.74. The van der Waals surface area contributed by atoms with Gasteiger partial charge in [0.25, 0.3) is 5.69 Å². The van der Waals surface area contributed by atoms with E-state index in [1.54, 1.807) is 18.3 Å². The highest BCUT2D eigenvalue weighted by Crippen LogP contribution is 2.33. The zero-order valence-electron chi connectivity index (χ0n) is 10.5. The van der Waals surface area contributed by atoms with Gasteiger partial charge in [-0.25, -0.2) is 4.98 Å². The molecule has 0 aliphatic carbocycles. The van der Waals surface area contributed by atoms with Gasteiger partial charge in [-0.05, 0) is 26.8 Å². The summed E-state index contributed by atoms with van der Waals surface area (Å²) in [7, 11) is 0. The third-order valence-electron chi connectivity index (χ3n) is 2.56. The van der Waals surface area contributed by atoms with Crippen LogP contribution >= 0.6 is 0 Å². The Morgan fingerprint density at radius 1 is 1.39 bits per heavy atom. The molecule has 0 bridgehead atoms. The van der Waals surface area contributed by atoms with Crippen molar-refractivity contribution in [2.75, 3.05) is 0 Å². The number of nitro benzene ring substituents is 1. The van der Waals surface area contributed by atoms with Gasteiger partial charge in [-0.3, -0.25) is 10.1 Å². The van der Waals surface area contributed by atoms with E-state index in [2.05, 4.69) is 4.98 Å². The SMILES string of the molecule is Cc1cnc2c([N+](=O)[O-])cccc2c1OC(C)C. The number of non-ortho nitro benzene ring substituents is 1. The third kappa shape index (κ3) is 2.11. The van der Waals surface area contributed by atoms with Crippen LogP contribution in [-0.4, -0.2) is 16.0 Å². The Labute approximate surface area is 105 Å². The van der Waals surface area contributed by atoms with Crippen LogP contribution in [0.15, 0.2) is 24.4 Å². The lowest BCUT2D eigenvalue weighted by atomic mass is 10.1. The zero-order valence-corrected chi connectivity index (χ0v) is 10.5. The smallest absolute Gasteiger partial charge is 0.295 e. The van der Waals surface area contributed by atoms with Crippen LogP contribution in [0.25, 0.3) is 10.9 Å². The van der Waals surface area contributed by atoms with Gasteiger partial charge in [0.2, 0.25) is 0 Å². The summed E-state index contributed by atoms with van der Waals surface area (Å²) in [5.74, 6) is 0.665. The van der Waals surface area contributed by atoms with Gasteiger partial charge in [-0.15, -0.1) is 0 Å². The molecule has 0 saturated carbocycles. The molecule has 1 heterocycles. The number of pyridine rings is 1. The average molecular weight is 246 g/mol. The van der Waals surface area contributed by atoms with E-state index >= 15 is 0 Å². The second-order valence-electron chi connectivity index (χ2n) is 4.37. The predicted molar refractivity (Wildman–Crippen MR) is 68.9 cm³/mol. The third-order valence-corrected chi connectivity index (χ3v) is 2.56. The van der Waals surface area contributed by atoms with Crippen LogP contribution in [0.5, 0.6) is 5.75 Å². The minimum atomic E-state index is -0.427. The Morgan fingerprint density at radius 2 is 2.11 bits per heavy atom. The Morgan fingerprint density at radius 3 is 2.72 bits per heavy atom. The molecule has 5 nitrogen and oxygen atoms in total. The molecule has 0 aliphatic rings. The lowest BCUT2D eigenvalue weighted by Crippen LogP contribution is -2.07. The molecule has 0 aliphatic heterocycles. The molecule has 0 spiro atoms. The molecule has 0 unspecified atom stereocenters. The molecule has 0 fully saturated rings. The maximum absolute atomic E-state index is 11.0. The summed E-state index contributed by atoms with van der Waals surface area (Å²) in [5, 5.41) is 11.6. The largest absolute Gasteiger partial charge is 0.490 e. The van der Waals surface area contributed by atoms with Crippen molar-refractivity contribution < 1.29 is 9.66 Å². The Kier molecular flexibility index (Phi) is 3.14. The summed E-state index contributed by atoms with van der Waals surface area (Å²) < 4.78 is 5.73. The molecule has 2 rings (SSSR count). The fourth-order valence-electron chi connectivity index (χ4n) is 1.82. The molecule has 5 heteroatoms. The van der Waals surface area contributed by atoms with Crippen LogP contribution in [0, 0.1) is 17.0 Å². The zero-order chi connectivity index (χ0) is 13.3. The maximum Gasteiger partial charge on any atom is 0.295 e. The van der Waals surface area contributed by atoms with Crippen molar-refractivity contribution >= 4 is 16.6 Å². The first-order valence-electron chi connectivity index (χ1n) is 5.70. The van der Waals surface area contributed by atoms with Gasteiger partial charge < -0.3 is 4.74 Å². The molecule has 0 amide bonds. The van der Waals surface area contributed by atoms with Crippen LogP contribution in [0.1, 0.15) is 19.4 Å².